The molecule has 0 saturated heterocycles. The van der Waals surface area contributed by atoms with Gasteiger partial charge in [-0.05, 0) is 31.6 Å². The normalized spacial score (nSPS) is 25.4. The van der Waals surface area contributed by atoms with E-state index >= 15 is 0 Å². The average molecular weight is 228 g/mol. The molecule has 0 aliphatic heterocycles. The molecule has 2 atom stereocenters. The third-order valence-corrected chi connectivity index (χ3v) is 3.28. The lowest BCUT2D eigenvalue weighted by atomic mass is 9.85. The van der Waals surface area contributed by atoms with E-state index in [1.165, 1.54) is 6.42 Å². The highest BCUT2D eigenvalue weighted by atomic mass is 16.5. The number of carbonyl (C=O) groups is 1. The van der Waals surface area contributed by atoms with E-state index in [2.05, 4.69) is 6.92 Å². The molecule has 0 spiro atoms. The molecule has 94 valence electrons. The minimum atomic E-state index is -0.0322. The molecule has 0 bridgehead atoms. The number of unbranched alkanes of at least 4 members (excludes halogenated alkanes) is 1. The van der Waals surface area contributed by atoms with Crippen LogP contribution in [0.4, 0.5) is 0 Å². The van der Waals surface area contributed by atoms with Gasteiger partial charge in [0.15, 0.2) is 0 Å². The Kier molecular flexibility index (Phi) is 6.46. The first-order valence-electron chi connectivity index (χ1n) is 6.44. The van der Waals surface area contributed by atoms with Crippen molar-refractivity contribution in [2.75, 3.05) is 13.7 Å². The molecule has 1 fully saturated rings. The van der Waals surface area contributed by atoms with Gasteiger partial charge in [-0.15, -0.1) is 0 Å². The van der Waals surface area contributed by atoms with Gasteiger partial charge in [0, 0.05) is 13.5 Å². The molecule has 3 heteroatoms. The van der Waals surface area contributed by atoms with Crippen LogP contribution in [-0.2, 0) is 14.3 Å². The van der Waals surface area contributed by atoms with Crippen LogP contribution in [0.5, 0.6) is 0 Å². The molecule has 0 aromatic rings. The molecule has 16 heavy (non-hydrogen) atoms. The molecule has 0 N–H and O–H groups in total. The van der Waals surface area contributed by atoms with Gasteiger partial charge in [0.2, 0.25) is 0 Å². The van der Waals surface area contributed by atoms with Gasteiger partial charge in [-0.1, -0.05) is 19.8 Å². The van der Waals surface area contributed by atoms with Gasteiger partial charge >= 0.3 is 5.97 Å². The van der Waals surface area contributed by atoms with Crippen molar-refractivity contribution in [3.05, 3.63) is 0 Å². The summed E-state index contributed by atoms with van der Waals surface area (Å²) >= 11 is 0. The molecule has 0 amide bonds. The molecule has 1 saturated carbocycles. The molecular weight excluding hydrogens is 204 g/mol. The molecule has 0 radical (unpaired) electrons. The Morgan fingerprint density at radius 3 is 2.88 bits per heavy atom. The second kappa shape index (κ2) is 7.66. The van der Waals surface area contributed by atoms with E-state index in [0.717, 1.165) is 32.1 Å². The van der Waals surface area contributed by atoms with Crippen LogP contribution in [-0.4, -0.2) is 25.8 Å². The minimum Gasteiger partial charge on any atom is -0.466 e. The molecule has 1 rings (SSSR count). The Morgan fingerprint density at radius 2 is 2.19 bits per heavy atom. The van der Waals surface area contributed by atoms with Crippen LogP contribution in [0.15, 0.2) is 0 Å². The monoisotopic (exact) mass is 228 g/mol. The number of methoxy groups -OCH3 is 1. The van der Waals surface area contributed by atoms with Crippen LogP contribution in [0.2, 0.25) is 0 Å². The number of hydrogen-bond acceptors (Lipinski definition) is 3. The fourth-order valence-corrected chi connectivity index (χ4v) is 2.27. The molecule has 0 aromatic heterocycles. The maximum absolute atomic E-state index is 11.5. The zero-order chi connectivity index (χ0) is 11.8. The standard InChI is InChI=1S/C13H24O3/c1-3-4-8-16-13(14)10-11-6-5-7-12(9-11)15-2/h11-12H,3-10H2,1-2H3. The van der Waals surface area contributed by atoms with Crippen LogP contribution in [0.25, 0.3) is 0 Å². The summed E-state index contributed by atoms with van der Waals surface area (Å²) < 4.78 is 10.5. The topological polar surface area (TPSA) is 35.5 Å². The Hall–Kier alpha value is -0.570. The number of carbonyl (C=O) groups excluding carboxylic acids is 1. The summed E-state index contributed by atoms with van der Waals surface area (Å²) in [5, 5.41) is 0. The van der Waals surface area contributed by atoms with Gasteiger partial charge in [0.05, 0.1) is 12.7 Å². The summed E-state index contributed by atoms with van der Waals surface area (Å²) in [6.07, 6.45) is 7.43. The summed E-state index contributed by atoms with van der Waals surface area (Å²) in [5.41, 5.74) is 0. The van der Waals surface area contributed by atoms with Crippen LogP contribution >= 0.6 is 0 Å². The number of hydrogen-bond donors (Lipinski definition) is 0. The predicted molar refractivity (Wildman–Crippen MR) is 63.2 cm³/mol. The Bertz CT molecular complexity index is 203. The molecule has 1 aliphatic carbocycles. The van der Waals surface area contributed by atoms with E-state index in [4.69, 9.17) is 9.47 Å². The van der Waals surface area contributed by atoms with Gasteiger partial charge < -0.3 is 9.47 Å². The zero-order valence-electron chi connectivity index (χ0n) is 10.5. The third-order valence-electron chi connectivity index (χ3n) is 3.28. The zero-order valence-corrected chi connectivity index (χ0v) is 10.5. The summed E-state index contributed by atoms with van der Waals surface area (Å²) in [6.45, 7) is 2.67. The highest BCUT2D eigenvalue weighted by Crippen LogP contribution is 2.28. The lowest BCUT2D eigenvalue weighted by molar-refractivity contribution is -0.145. The first-order chi connectivity index (χ1) is 7.76. The third kappa shape index (κ3) is 4.97. The van der Waals surface area contributed by atoms with Crippen LogP contribution < -0.4 is 0 Å². The summed E-state index contributed by atoms with van der Waals surface area (Å²) in [7, 11) is 1.76. The largest absolute Gasteiger partial charge is 0.466 e. The van der Waals surface area contributed by atoms with Crippen molar-refractivity contribution < 1.29 is 14.3 Å². The van der Waals surface area contributed by atoms with Crippen molar-refractivity contribution in [2.24, 2.45) is 5.92 Å². The maximum Gasteiger partial charge on any atom is 0.306 e. The summed E-state index contributed by atoms with van der Waals surface area (Å²) in [4.78, 5) is 11.5. The van der Waals surface area contributed by atoms with Crippen LogP contribution in [0.3, 0.4) is 0 Å². The first kappa shape index (κ1) is 13.5. The molecule has 0 heterocycles. The quantitative estimate of drug-likeness (QED) is 0.518. The second-order valence-corrected chi connectivity index (χ2v) is 4.67. The highest BCUT2D eigenvalue weighted by molar-refractivity contribution is 5.69. The van der Waals surface area contributed by atoms with E-state index in [-0.39, 0.29) is 5.97 Å². The van der Waals surface area contributed by atoms with E-state index in [1.54, 1.807) is 7.11 Å². The summed E-state index contributed by atoms with van der Waals surface area (Å²) in [5.74, 6) is 0.433. The predicted octanol–water partition coefficient (Wildman–Crippen LogP) is 2.93. The van der Waals surface area contributed by atoms with Crippen LogP contribution in [0.1, 0.15) is 51.9 Å². The van der Waals surface area contributed by atoms with Crippen molar-refractivity contribution in [1.82, 2.24) is 0 Å². The van der Waals surface area contributed by atoms with Gasteiger partial charge in [0.1, 0.15) is 0 Å². The van der Waals surface area contributed by atoms with E-state index < -0.39 is 0 Å². The Labute approximate surface area is 98.5 Å². The molecule has 2 unspecified atom stereocenters. The maximum atomic E-state index is 11.5. The molecular formula is C13H24O3. The molecule has 1 aliphatic rings. The van der Waals surface area contributed by atoms with Gasteiger partial charge in [-0.25, -0.2) is 0 Å². The molecule has 0 aromatic carbocycles. The van der Waals surface area contributed by atoms with Gasteiger partial charge in [-0.2, -0.15) is 0 Å². The first-order valence-corrected chi connectivity index (χ1v) is 6.44. The highest BCUT2D eigenvalue weighted by Gasteiger charge is 2.24. The van der Waals surface area contributed by atoms with Crippen molar-refractivity contribution in [1.29, 1.82) is 0 Å². The van der Waals surface area contributed by atoms with Gasteiger partial charge in [-0.3, -0.25) is 4.79 Å². The van der Waals surface area contributed by atoms with Crippen molar-refractivity contribution in [3.8, 4) is 0 Å². The lowest BCUT2D eigenvalue weighted by Crippen LogP contribution is -2.24. The fraction of sp³-hybridized carbons (Fsp3) is 0.923. The van der Waals surface area contributed by atoms with Crippen molar-refractivity contribution >= 4 is 5.97 Å². The second-order valence-electron chi connectivity index (χ2n) is 4.67. The molecule has 3 nitrogen and oxygen atoms in total. The summed E-state index contributed by atoms with van der Waals surface area (Å²) in [6, 6.07) is 0. The van der Waals surface area contributed by atoms with Crippen molar-refractivity contribution in [3.63, 3.8) is 0 Å². The van der Waals surface area contributed by atoms with Crippen LogP contribution in [0, 0.1) is 5.92 Å². The number of esters is 1. The van der Waals surface area contributed by atoms with E-state index in [0.29, 0.717) is 25.0 Å². The average Bonchev–Trinajstić information content (AvgIpc) is 2.29. The minimum absolute atomic E-state index is 0.0322. The van der Waals surface area contributed by atoms with Crippen molar-refractivity contribution in [2.45, 2.75) is 58.0 Å². The lowest BCUT2D eigenvalue weighted by Gasteiger charge is -2.27. The smallest absolute Gasteiger partial charge is 0.306 e. The van der Waals surface area contributed by atoms with E-state index in [1.807, 2.05) is 0 Å². The van der Waals surface area contributed by atoms with E-state index in [9.17, 15) is 4.79 Å². The Balaban J connectivity index is 2.17. The number of ether oxygens (including phenoxy) is 2. The Morgan fingerprint density at radius 1 is 1.38 bits per heavy atom. The number of rotatable bonds is 6. The van der Waals surface area contributed by atoms with Gasteiger partial charge in [0.25, 0.3) is 0 Å². The fourth-order valence-electron chi connectivity index (χ4n) is 2.27. The SMILES string of the molecule is CCCCOC(=O)CC1CCCC(OC)C1.